The SMILES string of the molecule is CCC(CC)n1c(C=NOC)cc2cnc(Nc3ccc(N4CCN(C(C)=O)CC4)cc3)nc21. The van der Waals surface area contributed by atoms with Gasteiger partial charge in [0, 0.05) is 62.1 Å². The molecule has 1 aromatic carbocycles. The van der Waals surface area contributed by atoms with E-state index in [9.17, 15) is 4.79 Å². The van der Waals surface area contributed by atoms with Crippen molar-refractivity contribution in [3.8, 4) is 0 Å². The first-order valence-corrected chi connectivity index (χ1v) is 11.9. The maximum atomic E-state index is 11.6. The standard InChI is InChI=1S/C25H33N7O2/c1-5-21(6-2)32-23(17-27-34-4)15-19-16-26-25(29-24(19)32)28-20-7-9-22(10-8-20)31-13-11-30(12-14-31)18(3)33/h7-10,15-17,21H,5-6,11-14H2,1-4H3,(H,26,28,29). The van der Waals surface area contributed by atoms with Crippen LogP contribution in [0.4, 0.5) is 17.3 Å². The van der Waals surface area contributed by atoms with Crippen LogP contribution in [0.3, 0.4) is 0 Å². The lowest BCUT2D eigenvalue weighted by molar-refractivity contribution is -0.129. The second-order valence-corrected chi connectivity index (χ2v) is 8.46. The molecule has 34 heavy (non-hydrogen) atoms. The number of aromatic nitrogens is 3. The van der Waals surface area contributed by atoms with E-state index in [1.165, 1.54) is 0 Å². The molecule has 0 saturated carbocycles. The third-order valence-electron chi connectivity index (χ3n) is 6.42. The first-order valence-electron chi connectivity index (χ1n) is 11.9. The Morgan fingerprint density at radius 2 is 1.88 bits per heavy atom. The number of hydrogen-bond donors (Lipinski definition) is 1. The Kier molecular flexibility index (Phi) is 7.30. The lowest BCUT2D eigenvalue weighted by Crippen LogP contribution is -2.48. The van der Waals surface area contributed by atoms with E-state index in [1.807, 2.05) is 29.3 Å². The molecule has 1 aliphatic heterocycles. The number of oxime groups is 1. The van der Waals surface area contributed by atoms with Crippen molar-refractivity contribution in [2.45, 2.75) is 39.7 Å². The van der Waals surface area contributed by atoms with Gasteiger partial charge in [-0.1, -0.05) is 19.0 Å². The molecule has 0 spiro atoms. The van der Waals surface area contributed by atoms with Gasteiger partial charge in [0.2, 0.25) is 11.9 Å². The Balaban J connectivity index is 1.53. The molecule has 0 atom stereocenters. The molecule has 1 N–H and O–H groups in total. The number of nitrogens with zero attached hydrogens (tertiary/aromatic N) is 6. The van der Waals surface area contributed by atoms with E-state index in [2.05, 4.69) is 50.9 Å². The summed E-state index contributed by atoms with van der Waals surface area (Å²) in [5, 5.41) is 8.27. The second-order valence-electron chi connectivity index (χ2n) is 8.46. The number of amides is 1. The second kappa shape index (κ2) is 10.5. The lowest BCUT2D eigenvalue weighted by atomic mass is 10.1. The largest absolute Gasteiger partial charge is 0.399 e. The third-order valence-corrected chi connectivity index (χ3v) is 6.42. The predicted molar refractivity (Wildman–Crippen MR) is 136 cm³/mol. The summed E-state index contributed by atoms with van der Waals surface area (Å²) in [4.78, 5) is 30.0. The van der Waals surface area contributed by atoms with Gasteiger partial charge in [0.15, 0.2) is 0 Å². The number of hydrogen-bond acceptors (Lipinski definition) is 7. The average molecular weight is 464 g/mol. The predicted octanol–water partition coefficient (Wildman–Crippen LogP) is 4.18. The molecular weight excluding hydrogens is 430 g/mol. The highest BCUT2D eigenvalue weighted by Gasteiger charge is 2.19. The van der Waals surface area contributed by atoms with Gasteiger partial charge in [-0.05, 0) is 43.2 Å². The number of nitrogens with one attached hydrogen (secondary N) is 1. The average Bonchev–Trinajstić information content (AvgIpc) is 3.21. The molecule has 3 heterocycles. The van der Waals surface area contributed by atoms with Crippen LogP contribution in [0.5, 0.6) is 0 Å². The minimum absolute atomic E-state index is 0.143. The van der Waals surface area contributed by atoms with Crippen molar-refractivity contribution in [2.75, 3.05) is 43.5 Å². The fourth-order valence-electron chi connectivity index (χ4n) is 4.50. The molecule has 1 saturated heterocycles. The number of rotatable bonds is 8. The molecule has 1 fully saturated rings. The molecule has 0 aliphatic carbocycles. The van der Waals surface area contributed by atoms with Crippen LogP contribution in [-0.2, 0) is 9.63 Å². The zero-order valence-electron chi connectivity index (χ0n) is 20.4. The number of carbonyl (C=O) groups excluding carboxylic acids is 1. The van der Waals surface area contributed by atoms with E-state index in [-0.39, 0.29) is 5.91 Å². The van der Waals surface area contributed by atoms with Crippen LogP contribution in [0, 0.1) is 0 Å². The summed E-state index contributed by atoms with van der Waals surface area (Å²) in [6.45, 7) is 9.19. The quantitative estimate of drug-likeness (QED) is 0.398. The third kappa shape index (κ3) is 4.98. The highest BCUT2D eigenvalue weighted by molar-refractivity contribution is 5.89. The summed E-state index contributed by atoms with van der Waals surface area (Å²) in [6, 6.07) is 10.6. The first-order chi connectivity index (χ1) is 16.5. The minimum atomic E-state index is 0.143. The van der Waals surface area contributed by atoms with Crippen molar-refractivity contribution in [3.05, 3.63) is 42.2 Å². The molecule has 9 heteroatoms. The molecule has 0 radical (unpaired) electrons. The van der Waals surface area contributed by atoms with Gasteiger partial charge >= 0.3 is 0 Å². The van der Waals surface area contributed by atoms with Crippen molar-refractivity contribution in [2.24, 2.45) is 5.16 Å². The molecule has 2 aromatic heterocycles. The molecule has 1 aliphatic rings. The molecule has 4 rings (SSSR count). The van der Waals surface area contributed by atoms with Crippen LogP contribution in [0.1, 0.15) is 45.3 Å². The molecule has 1 amide bonds. The summed E-state index contributed by atoms with van der Waals surface area (Å²) in [6.07, 6.45) is 5.55. The number of benzene rings is 1. The summed E-state index contributed by atoms with van der Waals surface area (Å²) in [5.74, 6) is 0.695. The summed E-state index contributed by atoms with van der Waals surface area (Å²) >= 11 is 0. The van der Waals surface area contributed by atoms with E-state index in [4.69, 9.17) is 9.82 Å². The van der Waals surface area contributed by atoms with E-state index in [1.54, 1.807) is 20.2 Å². The zero-order valence-corrected chi connectivity index (χ0v) is 20.4. The molecule has 0 bridgehead atoms. The normalized spacial score (nSPS) is 14.4. The molecular formula is C25H33N7O2. The summed E-state index contributed by atoms with van der Waals surface area (Å²) in [5.41, 5.74) is 3.90. The maximum Gasteiger partial charge on any atom is 0.229 e. The Labute approximate surface area is 200 Å². The highest BCUT2D eigenvalue weighted by atomic mass is 16.6. The van der Waals surface area contributed by atoms with Gasteiger partial charge in [-0.15, -0.1) is 0 Å². The van der Waals surface area contributed by atoms with Crippen LogP contribution >= 0.6 is 0 Å². The van der Waals surface area contributed by atoms with E-state index < -0.39 is 0 Å². The summed E-state index contributed by atoms with van der Waals surface area (Å²) in [7, 11) is 1.54. The van der Waals surface area contributed by atoms with Crippen molar-refractivity contribution < 1.29 is 9.63 Å². The van der Waals surface area contributed by atoms with Crippen LogP contribution in [0.15, 0.2) is 41.7 Å². The van der Waals surface area contributed by atoms with Crippen molar-refractivity contribution in [3.63, 3.8) is 0 Å². The molecule has 0 unspecified atom stereocenters. The number of fused-ring (bicyclic) bond motifs is 1. The summed E-state index contributed by atoms with van der Waals surface area (Å²) < 4.78 is 2.22. The monoisotopic (exact) mass is 463 g/mol. The van der Waals surface area contributed by atoms with Crippen molar-refractivity contribution >= 4 is 40.5 Å². The van der Waals surface area contributed by atoms with Gasteiger partial charge in [0.25, 0.3) is 0 Å². The first kappa shape index (κ1) is 23.5. The topological polar surface area (TPSA) is 87.9 Å². The minimum Gasteiger partial charge on any atom is -0.399 e. The Morgan fingerprint density at radius 1 is 1.18 bits per heavy atom. The van der Waals surface area contributed by atoms with E-state index in [0.717, 1.165) is 67.1 Å². The fourth-order valence-corrected chi connectivity index (χ4v) is 4.50. The molecule has 9 nitrogen and oxygen atoms in total. The van der Waals surface area contributed by atoms with E-state index in [0.29, 0.717) is 12.0 Å². The van der Waals surface area contributed by atoms with Gasteiger partial charge < -0.3 is 24.5 Å². The number of anilines is 3. The Hall–Kier alpha value is -3.62. The van der Waals surface area contributed by atoms with Crippen LogP contribution in [0.25, 0.3) is 11.0 Å². The van der Waals surface area contributed by atoms with Gasteiger partial charge in [0.05, 0.1) is 11.9 Å². The zero-order chi connectivity index (χ0) is 24.1. The maximum absolute atomic E-state index is 11.6. The Morgan fingerprint density at radius 3 is 2.50 bits per heavy atom. The highest BCUT2D eigenvalue weighted by Crippen LogP contribution is 2.27. The van der Waals surface area contributed by atoms with Crippen LogP contribution < -0.4 is 10.2 Å². The fraction of sp³-hybridized carbons (Fsp3) is 0.440. The number of piperazine rings is 1. The van der Waals surface area contributed by atoms with Crippen LogP contribution in [-0.4, -0.2) is 64.8 Å². The smallest absolute Gasteiger partial charge is 0.229 e. The van der Waals surface area contributed by atoms with Gasteiger partial charge in [-0.3, -0.25) is 4.79 Å². The number of carbonyl (C=O) groups is 1. The molecule has 3 aromatic rings. The van der Waals surface area contributed by atoms with Crippen molar-refractivity contribution in [1.29, 1.82) is 0 Å². The van der Waals surface area contributed by atoms with Gasteiger partial charge in [0.1, 0.15) is 12.8 Å². The van der Waals surface area contributed by atoms with Gasteiger partial charge in [-0.25, -0.2) is 4.98 Å². The van der Waals surface area contributed by atoms with Crippen LogP contribution in [0.2, 0.25) is 0 Å². The lowest BCUT2D eigenvalue weighted by Gasteiger charge is -2.35. The van der Waals surface area contributed by atoms with E-state index >= 15 is 0 Å². The van der Waals surface area contributed by atoms with Crippen molar-refractivity contribution in [1.82, 2.24) is 19.4 Å². The van der Waals surface area contributed by atoms with Gasteiger partial charge in [-0.2, -0.15) is 4.98 Å². The molecule has 180 valence electrons. The Bertz CT molecular complexity index is 1140.